The van der Waals surface area contributed by atoms with Crippen molar-refractivity contribution < 1.29 is 14.3 Å². The van der Waals surface area contributed by atoms with Crippen LogP contribution in [0.3, 0.4) is 0 Å². The van der Waals surface area contributed by atoms with Crippen LogP contribution in [0.25, 0.3) is 0 Å². The van der Waals surface area contributed by atoms with Gasteiger partial charge in [0.2, 0.25) is 0 Å². The highest BCUT2D eigenvalue weighted by atomic mass is 16.5. The SMILES string of the molecule is COc1cc2c(cc1OC)CN(C(=O)c1cccnc1C)CC2. The number of benzene rings is 1. The average molecular weight is 312 g/mol. The molecule has 0 saturated carbocycles. The van der Waals surface area contributed by atoms with E-state index in [1.165, 1.54) is 5.56 Å². The van der Waals surface area contributed by atoms with Crippen molar-refractivity contribution in [2.24, 2.45) is 0 Å². The number of aromatic nitrogens is 1. The normalized spacial score (nSPS) is 13.4. The molecule has 3 rings (SSSR count). The van der Waals surface area contributed by atoms with Crippen LogP contribution in [0, 0.1) is 6.92 Å². The Balaban J connectivity index is 1.88. The summed E-state index contributed by atoms with van der Waals surface area (Å²) in [6, 6.07) is 7.59. The number of amides is 1. The molecule has 0 bridgehead atoms. The summed E-state index contributed by atoms with van der Waals surface area (Å²) in [5, 5.41) is 0. The van der Waals surface area contributed by atoms with Crippen LogP contribution >= 0.6 is 0 Å². The predicted molar refractivity (Wildman–Crippen MR) is 87.0 cm³/mol. The van der Waals surface area contributed by atoms with Gasteiger partial charge in [-0.15, -0.1) is 0 Å². The lowest BCUT2D eigenvalue weighted by Crippen LogP contribution is -2.36. The minimum Gasteiger partial charge on any atom is -0.493 e. The Morgan fingerprint density at radius 2 is 1.87 bits per heavy atom. The number of nitrogens with zero attached hydrogens (tertiary/aromatic N) is 2. The Morgan fingerprint density at radius 3 is 2.52 bits per heavy atom. The lowest BCUT2D eigenvalue weighted by molar-refractivity contribution is 0.0733. The van der Waals surface area contributed by atoms with Crippen molar-refractivity contribution >= 4 is 5.91 Å². The number of aryl methyl sites for hydroxylation is 1. The van der Waals surface area contributed by atoms with Crippen molar-refractivity contribution in [2.75, 3.05) is 20.8 Å². The molecule has 5 heteroatoms. The van der Waals surface area contributed by atoms with Crippen LogP contribution in [-0.2, 0) is 13.0 Å². The average Bonchev–Trinajstić information content (AvgIpc) is 2.59. The number of ether oxygens (including phenoxy) is 2. The molecule has 5 nitrogen and oxygen atoms in total. The van der Waals surface area contributed by atoms with E-state index in [0.717, 1.165) is 23.4 Å². The fourth-order valence-electron chi connectivity index (χ4n) is 2.94. The highest BCUT2D eigenvalue weighted by molar-refractivity contribution is 5.95. The smallest absolute Gasteiger partial charge is 0.256 e. The van der Waals surface area contributed by atoms with E-state index in [-0.39, 0.29) is 5.91 Å². The Labute approximate surface area is 135 Å². The maximum atomic E-state index is 12.7. The first-order valence-electron chi connectivity index (χ1n) is 7.58. The quantitative estimate of drug-likeness (QED) is 0.874. The molecule has 1 amide bonds. The van der Waals surface area contributed by atoms with Gasteiger partial charge in [0.05, 0.1) is 19.8 Å². The minimum atomic E-state index is 0.0241. The Hall–Kier alpha value is -2.56. The van der Waals surface area contributed by atoms with Gasteiger partial charge in [-0.2, -0.15) is 0 Å². The number of fused-ring (bicyclic) bond motifs is 1. The maximum Gasteiger partial charge on any atom is 0.256 e. The molecule has 0 atom stereocenters. The van der Waals surface area contributed by atoms with Crippen molar-refractivity contribution in [1.82, 2.24) is 9.88 Å². The van der Waals surface area contributed by atoms with Crippen LogP contribution in [0.5, 0.6) is 11.5 Å². The zero-order chi connectivity index (χ0) is 16.4. The third-order valence-electron chi connectivity index (χ3n) is 4.24. The standard InChI is InChI=1S/C18H20N2O3/c1-12-15(5-4-7-19-12)18(21)20-8-6-13-9-16(22-2)17(23-3)10-14(13)11-20/h4-5,7,9-10H,6,8,11H2,1-3H3. The highest BCUT2D eigenvalue weighted by Crippen LogP contribution is 2.33. The van der Waals surface area contributed by atoms with Gasteiger partial charge in [-0.25, -0.2) is 0 Å². The number of carbonyl (C=O) groups is 1. The molecule has 23 heavy (non-hydrogen) atoms. The van der Waals surface area contributed by atoms with Gasteiger partial charge >= 0.3 is 0 Å². The van der Waals surface area contributed by atoms with Crippen LogP contribution in [-0.4, -0.2) is 36.6 Å². The second kappa shape index (κ2) is 6.28. The van der Waals surface area contributed by atoms with E-state index in [2.05, 4.69) is 4.98 Å². The topological polar surface area (TPSA) is 51.7 Å². The van der Waals surface area contributed by atoms with Gasteiger partial charge in [-0.05, 0) is 48.7 Å². The Bertz CT molecular complexity index is 743. The van der Waals surface area contributed by atoms with Crippen molar-refractivity contribution in [1.29, 1.82) is 0 Å². The summed E-state index contributed by atoms with van der Waals surface area (Å²) < 4.78 is 10.7. The van der Waals surface area contributed by atoms with E-state index in [4.69, 9.17) is 9.47 Å². The van der Waals surface area contributed by atoms with Gasteiger partial charge in [0.1, 0.15) is 0 Å². The monoisotopic (exact) mass is 312 g/mol. The van der Waals surface area contributed by atoms with E-state index < -0.39 is 0 Å². The summed E-state index contributed by atoms with van der Waals surface area (Å²) in [6.07, 6.45) is 2.51. The molecular weight excluding hydrogens is 292 g/mol. The summed E-state index contributed by atoms with van der Waals surface area (Å²) in [5.41, 5.74) is 3.73. The molecule has 1 aromatic carbocycles. The number of hydrogen-bond donors (Lipinski definition) is 0. The molecule has 2 aromatic rings. The van der Waals surface area contributed by atoms with Gasteiger partial charge < -0.3 is 14.4 Å². The largest absolute Gasteiger partial charge is 0.493 e. The minimum absolute atomic E-state index is 0.0241. The lowest BCUT2D eigenvalue weighted by atomic mass is 9.98. The predicted octanol–water partition coefficient (Wildman–Crippen LogP) is 2.61. The molecule has 0 fully saturated rings. The molecule has 1 aromatic heterocycles. The third kappa shape index (κ3) is 2.86. The second-order valence-electron chi connectivity index (χ2n) is 5.59. The maximum absolute atomic E-state index is 12.7. The zero-order valence-corrected chi connectivity index (χ0v) is 13.6. The molecule has 120 valence electrons. The van der Waals surface area contributed by atoms with Gasteiger partial charge in [0.25, 0.3) is 5.91 Å². The molecule has 0 radical (unpaired) electrons. The van der Waals surface area contributed by atoms with Crippen molar-refractivity contribution in [3.05, 3.63) is 52.8 Å². The number of carbonyl (C=O) groups excluding carboxylic acids is 1. The summed E-state index contributed by atoms with van der Waals surface area (Å²) >= 11 is 0. The molecule has 0 spiro atoms. The van der Waals surface area contributed by atoms with E-state index in [0.29, 0.717) is 24.4 Å². The summed E-state index contributed by atoms with van der Waals surface area (Å²) in [7, 11) is 3.25. The van der Waals surface area contributed by atoms with E-state index in [1.807, 2.05) is 30.0 Å². The molecule has 0 unspecified atom stereocenters. The van der Waals surface area contributed by atoms with Crippen molar-refractivity contribution in [3.8, 4) is 11.5 Å². The Morgan fingerprint density at radius 1 is 1.17 bits per heavy atom. The number of pyridine rings is 1. The van der Waals surface area contributed by atoms with Crippen LogP contribution in [0.15, 0.2) is 30.5 Å². The van der Waals surface area contributed by atoms with Crippen LogP contribution in [0.1, 0.15) is 27.2 Å². The third-order valence-corrected chi connectivity index (χ3v) is 4.24. The zero-order valence-electron chi connectivity index (χ0n) is 13.6. The van der Waals surface area contributed by atoms with E-state index >= 15 is 0 Å². The molecule has 0 saturated heterocycles. The van der Waals surface area contributed by atoms with E-state index in [9.17, 15) is 4.79 Å². The lowest BCUT2D eigenvalue weighted by Gasteiger charge is -2.30. The first kappa shape index (κ1) is 15.3. The number of hydrogen-bond acceptors (Lipinski definition) is 4. The summed E-state index contributed by atoms with van der Waals surface area (Å²) in [6.45, 7) is 3.12. The van der Waals surface area contributed by atoms with Gasteiger partial charge in [0.15, 0.2) is 11.5 Å². The fraction of sp³-hybridized carbons (Fsp3) is 0.333. The first-order chi connectivity index (χ1) is 11.1. The van der Waals surface area contributed by atoms with Gasteiger partial charge in [-0.1, -0.05) is 0 Å². The van der Waals surface area contributed by atoms with Crippen LogP contribution in [0.2, 0.25) is 0 Å². The Kier molecular flexibility index (Phi) is 4.19. The van der Waals surface area contributed by atoms with Gasteiger partial charge in [-0.3, -0.25) is 9.78 Å². The van der Waals surface area contributed by atoms with Crippen molar-refractivity contribution in [3.63, 3.8) is 0 Å². The van der Waals surface area contributed by atoms with E-state index in [1.54, 1.807) is 26.5 Å². The molecule has 0 N–H and O–H groups in total. The fourth-order valence-corrected chi connectivity index (χ4v) is 2.94. The van der Waals surface area contributed by atoms with Crippen LogP contribution < -0.4 is 9.47 Å². The van der Waals surface area contributed by atoms with Gasteiger partial charge in [0, 0.05) is 25.0 Å². The van der Waals surface area contributed by atoms with Crippen LogP contribution in [0.4, 0.5) is 0 Å². The molecule has 2 heterocycles. The number of methoxy groups -OCH3 is 2. The highest BCUT2D eigenvalue weighted by Gasteiger charge is 2.24. The number of rotatable bonds is 3. The second-order valence-corrected chi connectivity index (χ2v) is 5.59. The molecular formula is C18H20N2O3. The summed E-state index contributed by atoms with van der Waals surface area (Å²) in [4.78, 5) is 18.8. The first-order valence-corrected chi connectivity index (χ1v) is 7.58. The molecule has 1 aliphatic heterocycles. The summed E-state index contributed by atoms with van der Waals surface area (Å²) in [5.74, 6) is 1.45. The van der Waals surface area contributed by atoms with Crippen molar-refractivity contribution in [2.45, 2.75) is 19.9 Å². The molecule has 0 aliphatic carbocycles. The molecule has 1 aliphatic rings.